The molecule has 3 N–H and O–H groups in total. The average molecular weight is 214 g/mol. The van der Waals surface area contributed by atoms with Gasteiger partial charge in [0, 0.05) is 19.3 Å². The summed E-state index contributed by atoms with van der Waals surface area (Å²) in [6.07, 6.45) is 8.07. The van der Waals surface area contributed by atoms with Crippen LogP contribution in [0, 0.1) is 0 Å². The van der Waals surface area contributed by atoms with Gasteiger partial charge < -0.3 is 0 Å². The highest BCUT2D eigenvalue weighted by atomic mass is 32.2. The van der Waals surface area contributed by atoms with E-state index in [1.807, 2.05) is 35.9 Å². The van der Waals surface area contributed by atoms with Crippen LogP contribution in [0.4, 0.5) is 0 Å². The van der Waals surface area contributed by atoms with Crippen molar-refractivity contribution >= 4 is 11.8 Å². The molecule has 1 rings (SSSR count). The first-order chi connectivity index (χ1) is 6.76. The van der Waals surface area contributed by atoms with Gasteiger partial charge in [0.1, 0.15) is 0 Å². The first-order valence-electron chi connectivity index (χ1n) is 4.69. The number of aryl methyl sites for hydroxylation is 1. The standard InChI is InChI=1S/C9H18N4S/c1-13-7-8(6-11-13)5-9(12-10)3-4-14-2/h6-7,9,12H,3-5,10H2,1-2H3. The second-order valence-electron chi connectivity index (χ2n) is 3.37. The maximum Gasteiger partial charge on any atom is 0.0522 e. The van der Waals surface area contributed by atoms with Crippen LogP contribution in [-0.2, 0) is 13.5 Å². The molecule has 0 aliphatic heterocycles. The summed E-state index contributed by atoms with van der Waals surface area (Å²) in [5.41, 5.74) is 4.08. The van der Waals surface area contributed by atoms with Gasteiger partial charge in [-0.3, -0.25) is 16.0 Å². The van der Waals surface area contributed by atoms with Gasteiger partial charge in [-0.2, -0.15) is 16.9 Å². The SMILES string of the molecule is CSCCC(Cc1cnn(C)c1)NN. The van der Waals surface area contributed by atoms with Crippen LogP contribution in [0.3, 0.4) is 0 Å². The zero-order valence-corrected chi connectivity index (χ0v) is 9.55. The van der Waals surface area contributed by atoms with Crippen molar-refractivity contribution in [3.63, 3.8) is 0 Å². The maximum atomic E-state index is 5.48. The highest BCUT2D eigenvalue weighted by molar-refractivity contribution is 7.98. The van der Waals surface area contributed by atoms with Crippen LogP contribution in [-0.4, -0.2) is 27.8 Å². The molecule has 14 heavy (non-hydrogen) atoms. The van der Waals surface area contributed by atoms with Gasteiger partial charge in [0.25, 0.3) is 0 Å². The molecule has 0 bridgehead atoms. The van der Waals surface area contributed by atoms with Gasteiger partial charge in [0.05, 0.1) is 6.20 Å². The first-order valence-corrected chi connectivity index (χ1v) is 6.08. The molecule has 4 nitrogen and oxygen atoms in total. The molecule has 80 valence electrons. The number of thioether (sulfide) groups is 1. The molecule has 5 heteroatoms. The Morgan fingerprint density at radius 1 is 1.71 bits per heavy atom. The summed E-state index contributed by atoms with van der Waals surface area (Å²) in [6.45, 7) is 0. The van der Waals surface area contributed by atoms with Crippen molar-refractivity contribution in [3.8, 4) is 0 Å². The molecule has 0 saturated heterocycles. The molecule has 0 spiro atoms. The number of nitrogens with two attached hydrogens (primary N) is 1. The average Bonchev–Trinajstić information content (AvgIpc) is 2.58. The Labute approximate surface area is 89.2 Å². The maximum absolute atomic E-state index is 5.48. The third-order valence-electron chi connectivity index (χ3n) is 2.15. The molecule has 0 amide bonds. The van der Waals surface area contributed by atoms with Crippen LogP contribution in [0.2, 0.25) is 0 Å². The minimum atomic E-state index is 0.353. The molecule has 0 aliphatic rings. The second kappa shape index (κ2) is 6.06. The normalized spacial score (nSPS) is 13.1. The zero-order chi connectivity index (χ0) is 10.4. The van der Waals surface area contributed by atoms with Gasteiger partial charge in [-0.05, 0) is 30.4 Å². The van der Waals surface area contributed by atoms with Crippen molar-refractivity contribution in [3.05, 3.63) is 18.0 Å². The third kappa shape index (κ3) is 3.69. The fourth-order valence-electron chi connectivity index (χ4n) is 1.37. The molecule has 0 aromatic carbocycles. The number of hydrogen-bond acceptors (Lipinski definition) is 4. The van der Waals surface area contributed by atoms with Crippen molar-refractivity contribution in [1.29, 1.82) is 0 Å². The highest BCUT2D eigenvalue weighted by Gasteiger charge is 2.08. The van der Waals surface area contributed by atoms with Gasteiger partial charge in [-0.1, -0.05) is 0 Å². The summed E-state index contributed by atoms with van der Waals surface area (Å²) in [6, 6.07) is 0.353. The van der Waals surface area contributed by atoms with E-state index in [0.717, 1.165) is 18.6 Å². The monoisotopic (exact) mass is 214 g/mol. The van der Waals surface area contributed by atoms with Crippen molar-refractivity contribution in [1.82, 2.24) is 15.2 Å². The summed E-state index contributed by atoms with van der Waals surface area (Å²) in [7, 11) is 1.93. The lowest BCUT2D eigenvalue weighted by atomic mass is 10.1. The van der Waals surface area contributed by atoms with Crippen molar-refractivity contribution in [2.45, 2.75) is 18.9 Å². The minimum Gasteiger partial charge on any atom is -0.276 e. The van der Waals surface area contributed by atoms with Gasteiger partial charge in [0.15, 0.2) is 0 Å². The Morgan fingerprint density at radius 2 is 2.50 bits per heavy atom. The third-order valence-corrected chi connectivity index (χ3v) is 2.79. The van der Waals surface area contributed by atoms with E-state index in [1.165, 1.54) is 5.56 Å². The second-order valence-corrected chi connectivity index (χ2v) is 4.36. The van der Waals surface area contributed by atoms with E-state index in [0.29, 0.717) is 6.04 Å². The Bertz CT molecular complexity index is 261. The summed E-state index contributed by atoms with van der Waals surface area (Å²) >= 11 is 1.84. The Balaban J connectivity index is 2.40. The predicted octanol–water partition coefficient (Wildman–Crippen LogP) is 0.548. The van der Waals surface area contributed by atoms with E-state index < -0.39 is 0 Å². The number of nitrogens with zero attached hydrogens (tertiary/aromatic N) is 2. The molecule has 1 heterocycles. The van der Waals surface area contributed by atoms with Crippen molar-refractivity contribution < 1.29 is 0 Å². The number of hydrazine groups is 1. The fraction of sp³-hybridized carbons (Fsp3) is 0.667. The van der Waals surface area contributed by atoms with Gasteiger partial charge >= 0.3 is 0 Å². The van der Waals surface area contributed by atoms with E-state index >= 15 is 0 Å². The molecule has 1 aromatic heterocycles. The number of hydrogen-bond donors (Lipinski definition) is 2. The Hall–Kier alpha value is -0.520. The quantitative estimate of drug-likeness (QED) is 0.536. The van der Waals surface area contributed by atoms with Crippen LogP contribution in [0.25, 0.3) is 0 Å². The Morgan fingerprint density at radius 3 is 3.00 bits per heavy atom. The van der Waals surface area contributed by atoms with Gasteiger partial charge in [-0.25, -0.2) is 0 Å². The lowest BCUT2D eigenvalue weighted by molar-refractivity contribution is 0.514. The molecule has 0 radical (unpaired) electrons. The Kier molecular flexibility index (Phi) is 5.00. The smallest absolute Gasteiger partial charge is 0.0522 e. The van der Waals surface area contributed by atoms with Crippen molar-refractivity contribution in [2.75, 3.05) is 12.0 Å². The zero-order valence-electron chi connectivity index (χ0n) is 8.73. The van der Waals surface area contributed by atoms with Gasteiger partial charge in [0.2, 0.25) is 0 Å². The van der Waals surface area contributed by atoms with Crippen molar-refractivity contribution in [2.24, 2.45) is 12.9 Å². The van der Waals surface area contributed by atoms with Gasteiger partial charge in [-0.15, -0.1) is 0 Å². The summed E-state index contributed by atoms with van der Waals surface area (Å²) in [5.74, 6) is 6.62. The molecule has 0 saturated carbocycles. The number of nitrogens with one attached hydrogen (secondary N) is 1. The predicted molar refractivity (Wildman–Crippen MR) is 61.0 cm³/mol. The summed E-state index contributed by atoms with van der Waals surface area (Å²) in [5, 5.41) is 4.13. The highest BCUT2D eigenvalue weighted by Crippen LogP contribution is 2.06. The van der Waals surface area contributed by atoms with Crippen LogP contribution < -0.4 is 11.3 Å². The lowest BCUT2D eigenvalue weighted by Crippen LogP contribution is -2.37. The minimum absolute atomic E-state index is 0.353. The van der Waals surface area contributed by atoms with E-state index in [-0.39, 0.29) is 0 Å². The molecular weight excluding hydrogens is 196 g/mol. The van der Waals surface area contributed by atoms with E-state index in [9.17, 15) is 0 Å². The molecule has 1 atom stereocenters. The molecular formula is C9H18N4S. The summed E-state index contributed by atoms with van der Waals surface area (Å²) in [4.78, 5) is 0. The van der Waals surface area contributed by atoms with E-state index in [2.05, 4.69) is 16.8 Å². The molecule has 0 aliphatic carbocycles. The molecule has 0 fully saturated rings. The van der Waals surface area contributed by atoms with Crippen LogP contribution in [0.5, 0.6) is 0 Å². The molecule has 1 aromatic rings. The van der Waals surface area contributed by atoms with Crippen LogP contribution in [0.15, 0.2) is 12.4 Å². The first kappa shape index (κ1) is 11.6. The number of aromatic nitrogens is 2. The largest absolute Gasteiger partial charge is 0.276 e. The summed E-state index contributed by atoms with van der Waals surface area (Å²) < 4.78 is 1.82. The van der Waals surface area contributed by atoms with Crippen LogP contribution >= 0.6 is 11.8 Å². The van der Waals surface area contributed by atoms with E-state index in [1.54, 1.807) is 0 Å². The van der Waals surface area contributed by atoms with E-state index in [4.69, 9.17) is 5.84 Å². The molecule has 1 unspecified atom stereocenters. The topological polar surface area (TPSA) is 55.9 Å². The fourth-order valence-corrected chi connectivity index (χ4v) is 1.89. The lowest BCUT2D eigenvalue weighted by Gasteiger charge is -2.13. The van der Waals surface area contributed by atoms with Crippen LogP contribution in [0.1, 0.15) is 12.0 Å². The number of rotatable bonds is 6.